The number of carboxylic acid groups (broad SMARTS) is 1. The standard InChI is InChI=1S/C14H17NO3/c1-9-5-6-10(2)11(8-9)13(16)15-7-3-4-12(15)14(17)18/h5-6,8,12H,3-4,7H2,1-2H3,(H,17,18)/t12-/m0/s1. The summed E-state index contributed by atoms with van der Waals surface area (Å²) in [5, 5.41) is 9.11. The number of rotatable bonds is 2. The van der Waals surface area contributed by atoms with Gasteiger partial charge in [0, 0.05) is 12.1 Å². The van der Waals surface area contributed by atoms with E-state index in [-0.39, 0.29) is 5.91 Å². The van der Waals surface area contributed by atoms with E-state index in [1.165, 1.54) is 4.90 Å². The summed E-state index contributed by atoms with van der Waals surface area (Å²) in [6, 6.07) is 5.01. The van der Waals surface area contributed by atoms with Gasteiger partial charge in [-0.3, -0.25) is 4.79 Å². The van der Waals surface area contributed by atoms with Gasteiger partial charge in [0.15, 0.2) is 0 Å². The first-order valence-electron chi connectivity index (χ1n) is 6.11. The fourth-order valence-corrected chi connectivity index (χ4v) is 2.39. The SMILES string of the molecule is Cc1ccc(C)c(C(=O)N2CCC[C@H]2C(=O)O)c1. The third-order valence-electron chi connectivity index (χ3n) is 3.42. The van der Waals surface area contributed by atoms with E-state index in [9.17, 15) is 9.59 Å². The molecule has 1 aliphatic heterocycles. The first kappa shape index (κ1) is 12.6. The van der Waals surface area contributed by atoms with Gasteiger partial charge in [-0.1, -0.05) is 17.7 Å². The molecule has 0 spiro atoms. The topological polar surface area (TPSA) is 57.6 Å². The van der Waals surface area contributed by atoms with Gasteiger partial charge in [0.05, 0.1) is 0 Å². The van der Waals surface area contributed by atoms with Gasteiger partial charge in [-0.15, -0.1) is 0 Å². The molecule has 2 rings (SSSR count). The smallest absolute Gasteiger partial charge is 0.326 e. The summed E-state index contributed by atoms with van der Waals surface area (Å²) in [5.41, 5.74) is 2.51. The molecule has 1 fully saturated rings. The molecule has 1 saturated heterocycles. The largest absolute Gasteiger partial charge is 0.480 e. The Balaban J connectivity index is 2.31. The molecule has 1 aromatic rings. The minimum absolute atomic E-state index is 0.166. The first-order valence-corrected chi connectivity index (χ1v) is 6.11. The Labute approximate surface area is 106 Å². The van der Waals surface area contributed by atoms with E-state index in [1.54, 1.807) is 0 Å². The molecule has 0 unspecified atom stereocenters. The van der Waals surface area contributed by atoms with Gasteiger partial charge < -0.3 is 10.0 Å². The van der Waals surface area contributed by atoms with Crippen LogP contribution in [0.2, 0.25) is 0 Å². The van der Waals surface area contributed by atoms with Crippen molar-refractivity contribution in [1.29, 1.82) is 0 Å². The van der Waals surface area contributed by atoms with Gasteiger partial charge >= 0.3 is 5.97 Å². The van der Waals surface area contributed by atoms with E-state index in [1.807, 2.05) is 32.0 Å². The highest BCUT2D eigenvalue weighted by atomic mass is 16.4. The lowest BCUT2D eigenvalue weighted by Gasteiger charge is -2.22. The van der Waals surface area contributed by atoms with Crippen LogP contribution in [0.15, 0.2) is 18.2 Å². The number of carbonyl (C=O) groups is 2. The summed E-state index contributed by atoms with van der Waals surface area (Å²) in [6.45, 7) is 4.33. The van der Waals surface area contributed by atoms with Crippen LogP contribution in [0.3, 0.4) is 0 Å². The lowest BCUT2D eigenvalue weighted by Crippen LogP contribution is -2.40. The molecule has 1 atom stereocenters. The zero-order valence-corrected chi connectivity index (χ0v) is 10.6. The molecule has 0 saturated carbocycles. The predicted molar refractivity (Wildman–Crippen MR) is 67.6 cm³/mol. The summed E-state index contributed by atoms with van der Waals surface area (Å²) < 4.78 is 0. The number of hydrogen-bond acceptors (Lipinski definition) is 2. The van der Waals surface area contributed by atoms with Gasteiger partial charge in [0.2, 0.25) is 0 Å². The molecular weight excluding hydrogens is 230 g/mol. The molecular formula is C14H17NO3. The third kappa shape index (κ3) is 2.23. The van der Waals surface area contributed by atoms with Crippen molar-refractivity contribution in [3.63, 3.8) is 0 Å². The number of aryl methyl sites for hydroxylation is 2. The fourth-order valence-electron chi connectivity index (χ4n) is 2.39. The van der Waals surface area contributed by atoms with Crippen molar-refractivity contribution in [3.8, 4) is 0 Å². The highest BCUT2D eigenvalue weighted by Gasteiger charge is 2.34. The number of carboxylic acids is 1. The van der Waals surface area contributed by atoms with Crippen molar-refractivity contribution in [2.45, 2.75) is 32.7 Å². The molecule has 1 amide bonds. The molecule has 1 N–H and O–H groups in total. The quantitative estimate of drug-likeness (QED) is 0.869. The van der Waals surface area contributed by atoms with Crippen LogP contribution >= 0.6 is 0 Å². The fraction of sp³-hybridized carbons (Fsp3) is 0.429. The van der Waals surface area contributed by atoms with Crippen LogP contribution < -0.4 is 0 Å². The maximum atomic E-state index is 12.4. The number of likely N-dealkylation sites (tertiary alicyclic amines) is 1. The normalized spacial score (nSPS) is 19.0. The van der Waals surface area contributed by atoms with Gasteiger partial charge in [-0.2, -0.15) is 0 Å². The third-order valence-corrected chi connectivity index (χ3v) is 3.42. The Morgan fingerprint density at radius 1 is 1.33 bits per heavy atom. The Bertz CT molecular complexity index is 496. The van der Waals surface area contributed by atoms with Crippen LogP contribution in [0, 0.1) is 13.8 Å². The van der Waals surface area contributed by atoms with Gasteiger partial charge in [-0.05, 0) is 38.3 Å². The minimum Gasteiger partial charge on any atom is -0.480 e. The van der Waals surface area contributed by atoms with E-state index in [4.69, 9.17) is 5.11 Å². The van der Waals surface area contributed by atoms with Crippen molar-refractivity contribution in [2.24, 2.45) is 0 Å². The molecule has 0 aromatic heterocycles. The molecule has 1 aliphatic rings. The van der Waals surface area contributed by atoms with E-state index in [2.05, 4.69) is 0 Å². The van der Waals surface area contributed by atoms with Crippen LogP contribution in [0.5, 0.6) is 0 Å². The molecule has 4 heteroatoms. The molecule has 1 aromatic carbocycles. The van der Waals surface area contributed by atoms with Crippen molar-refractivity contribution in [2.75, 3.05) is 6.54 Å². The van der Waals surface area contributed by atoms with Crippen LogP contribution in [0.1, 0.15) is 34.3 Å². The summed E-state index contributed by atoms with van der Waals surface area (Å²) in [4.78, 5) is 25.0. The molecule has 4 nitrogen and oxygen atoms in total. The second-order valence-corrected chi connectivity index (χ2v) is 4.81. The van der Waals surface area contributed by atoms with Crippen LogP contribution in [-0.4, -0.2) is 34.5 Å². The van der Waals surface area contributed by atoms with Crippen LogP contribution in [0.4, 0.5) is 0 Å². The number of carbonyl (C=O) groups excluding carboxylic acids is 1. The summed E-state index contributed by atoms with van der Waals surface area (Å²) >= 11 is 0. The second-order valence-electron chi connectivity index (χ2n) is 4.81. The summed E-state index contributed by atoms with van der Waals surface area (Å²) in [7, 11) is 0. The highest BCUT2D eigenvalue weighted by molar-refractivity contribution is 5.98. The number of amides is 1. The monoisotopic (exact) mass is 247 g/mol. The zero-order chi connectivity index (χ0) is 13.3. The molecule has 0 radical (unpaired) electrons. The van der Waals surface area contributed by atoms with Crippen LogP contribution in [0.25, 0.3) is 0 Å². The van der Waals surface area contributed by atoms with E-state index >= 15 is 0 Å². The predicted octanol–water partition coefficient (Wildman–Crippen LogP) is 1.99. The van der Waals surface area contributed by atoms with Crippen molar-refractivity contribution in [3.05, 3.63) is 34.9 Å². The maximum Gasteiger partial charge on any atom is 0.326 e. The number of benzene rings is 1. The Morgan fingerprint density at radius 3 is 2.72 bits per heavy atom. The highest BCUT2D eigenvalue weighted by Crippen LogP contribution is 2.22. The summed E-state index contributed by atoms with van der Waals surface area (Å²) in [6.07, 6.45) is 1.31. The molecule has 96 valence electrons. The van der Waals surface area contributed by atoms with Crippen molar-refractivity contribution < 1.29 is 14.7 Å². The van der Waals surface area contributed by atoms with Crippen molar-refractivity contribution >= 4 is 11.9 Å². The lowest BCUT2D eigenvalue weighted by atomic mass is 10.0. The second kappa shape index (κ2) is 4.80. The molecule has 18 heavy (non-hydrogen) atoms. The number of nitrogens with zero attached hydrogens (tertiary/aromatic N) is 1. The van der Waals surface area contributed by atoms with Crippen molar-refractivity contribution in [1.82, 2.24) is 4.90 Å². The van der Waals surface area contributed by atoms with E-state index < -0.39 is 12.0 Å². The average Bonchev–Trinajstić information content (AvgIpc) is 2.80. The number of aliphatic carboxylic acids is 1. The number of hydrogen-bond donors (Lipinski definition) is 1. The van der Waals surface area contributed by atoms with E-state index in [0.29, 0.717) is 18.5 Å². The van der Waals surface area contributed by atoms with E-state index in [0.717, 1.165) is 17.5 Å². The minimum atomic E-state index is -0.911. The Kier molecular flexibility index (Phi) is 3.36. The Hall–Kier alpha value is -1.84. The molecule has 0 aliphatic carbocycles. The summed E-state index contributed by atoms with van der Waals surface area (Å²) in [5.74, 6) is -1.08. The van der Waals surface area contributed by atoms with Gasteiger partial charge in [-0.25, -0.2) is 4.79 Å². The molecule has 0 bridgehead atoms. The Morgan fingerprint density at radius 2 is 2.06 bits per heavy atom. The van der Waals surface area contributed by atoms with Crippen LogP contribution in [-0.2, 0) is 4.79 Å². The first-order chi connectivity index (χ1) is 8.50. The average molecular weight is 247 g/mol. The maximum absolute atomic E-state index is 12.4. The van der Waals surface area contributed by atoms with Gasteiger partial charge in [0.25, 0.3) is 5.91 Å². The van der Waals surface area contributed by atoms with Gasteiger partial charge in [0.1, 0.15) is 6.04 Å². The zero-order valence-electron chi connectivity index (χ0n) is 10.6. The molecule has 1 heterocycles. The lowest BCUT2D eigenvalue weighted by molar-refractivity contribution is -0.141.